The number of carbonyl (C=O) groups excluding carboxylic acids is 1. The molecule has 4 rings (SSSR count). The van der Waals surface area contributed by atoms with Crippen LogP contribution in [-0.4, -0.2) is 29.8 Å². The normalized spacial score (nSPS) is 10.7. The number of nitrogens with zero attached hydrogens (tertiary/aromatic N) is 2. The molecule has 0 spiro atoms. The van der Waals surface area contributed by atoms with Crippen molar-refractivity contribution in [3.63, 3.8) is 0 Å². The Kier molecular flexibility index (Phi) is 5.89. The smallest absolute Gasteiger partial charge is 0.270 e. The Balaban J connectivity index is 1.43. The van der Waals surface area contributed by atoms with E-state index in [0.29, 0.717) is 22.1 Å². The second-order valence-electron chi connectivity index (χ2n) is 6.23. The molecule has 0 fully saturated rings. The summed E-state index contributed by atoms with van der Waals surface area (Å²) in [6.45, 7) is -0.203. The number of benzene rings is 2. The van der Waals surface area contributed by atoms with Crippen molar-refractivity contribution in [1.29, 1.82) is 0 Å². The largest absolute Gasteiger partial charge is 0.497 e. The zero-order chi connectivity index (χ0) is 21.8. The van der Waals surface area contributed by atoms with Gasteiger partial charge in [-0.2, -0.15) is 4.98 Å². The van der Waals surface area contributed by atoms with Gasteiger partial charge in [-0.3, -0.25) is 4.79 Å². The van der Waals surface area contributed by atoms with Gasteiger partial charge in [-0.05, 0) is 53.9 Å². The standard InChI is InChI=1S/C21H15F2N3O4S/c1-28-13-3-5-14(6-4-13)29-11-18(27)24-17-8-9-31-19(17)21-25-20(26-30-21)12-2-7-15(22)16(23)10-12/h2-10H,11H2,1H3,(H,24,27). The maximum atomic E-state index is 13.5. The van der Waals surface area contributed by atoms with Gasteiger partial charge in [0.05, 0.1) is 12.8 Å². The third-order valence-corrected chi connectivity index (χ3v) is 5.07. The van der Waals surface area contributed by atoms with Crippen molar-refractivity contribution in [3.8, 4) is 33.7 Å². The van der Waals surface area contributed by atoms with Crippen molar-refractivity contribution in [2.75, 3.05) is 19.0 Å². The minimum atomic E-state index is -1.01. The average Bonchev–Trinajstić information content (AvgIpc) is 3.44. The highest BCUT2D eigenvalue weighted by Gasteiger charge is 2.18. The molecule has 31 heavy (non-hydrogen) atoms. The molecule has 1 amide bonds. The lowest BCUT2D eigenvalue weighted by molar-refractivity contribution is -0.118. The highest BCUT2D eigenvalue weighted by atomic mass is 32.1. The van der Waals surface area contributed by atoms with Gasteiger partial charge >= 0.3 is 0 Å². The Labute approximate surface area is 179 Å². The van der Waals surface area contributed by atoms with Crippen LogP contribution in [0.2, 0.25) is 0 Å². The molecule has 0 radical (unpaired) electrons. The van der Waals surface area contributed by atoms with E-state index < -0.39 is 11.6 Å². The van der Waals surface area contributed by atoms with Gasteiger partial charge in [0.15, 0.2) is 18.2 Å². The second kappa shape index (κ2) is 8.92. The zero-order valence-corrected chi connectivity index (χ0v) is 16.9. The number of nitrogens with one attached hydrogen (secondary N) is 1. The Bertz CT molecular complexity index is 1210. The number of thiophene rings is 1. The van der Waals surface area contributed by atoms with Gasteiger partial charge in [-0.1, -0.05) is 5.16 Å². The molecule has 7 nitrogen and oxygen atoms in total. The molecule has 0 aliphatic heterocycles. The van der Waals surface area contributed by atoms with Crippen molar-refractivity contribution in [3.05, 3.63) is 65.5 Å². The monoisotopic (exact) mass is 443 g/mol. The summed E-state index contributed by atoms with van der Waals surface area (Å²) in [6, 6.07) is 11.8. The van der Waals surface area contributed by atoms with Crippen LogP contribution in [-0.2, 0) is 4.79 Å². The van der Waals surface area contributed by atoms with Crippen LogP contribution in [0.3, 0.4) is 0 Å². The van der Waals surface area contributed by atoms with Gasteiger partial charge in [-0.25, -0.2) is 8.78 Å². The molecular weight excluding hydrogens is 428 g/mol. The van der Waals surface area contributed by atoms with Crippen LogP contribution >= 0.6 is 11.3 Å². The number of aromatic nitrogens is 2. The number of anilines is 1. The molecule has 158 valence electrons. The van der Waals surface area contributed by atoms with Crippen LogP contribution in [0.1, 0.15) is 0 Å². The van der Waals surface area contributed by atoms with Crippen molar-refractivity contribution in [2.24, 2.45) is 0 Å². The topological polar surface area (TPSA) is 86.5 Å². The van der Waals surface area contributed by atoms with E-state index in [-0.39, 0.29) is 29.8 Å². The predicted molar refractivity (Wildman–Crippen MR) is 110 cm³/mol. The minimum absolute atomic E-state index is 0.0995. The molecule has 2 aromatic heterocycles. The molecular formula is C21H15F2N3O4S. The second-order valence-corrected chi connectivity index (χ2v) is 7.14. The van der Waals surface area contributed by atoms with E-state index in [4.69, 9.17) is 14.0 Å². The van der Waals surface area contributed by atoms with Gasteiger partial charge in [0.25, 0.3) is 11.8 Å². The van der Waals surface area contributed by atoms with E-state index in [1.165, 1.54) is 17.4 Å². The third kappa shape index (κ3) is 4.69. The lowest BCUT2D eigenvalue weighted by Crippen LogP contribution is -2.20. The van der Waals surface area contributed by atoms with Gasteiger partial charge in [0.2, 0.25) is 5.82 Å². The van der Waals surface area contributed by atoms with Crippen molar-refractivity contribution >= 4 is 22.9 Å². The number of amides is 1. The van der Waals surface area contributed by atoms with E-state index in [1.807, 2.05) is 0 Å². The molecule has 10 heteroatoms. The lowest BCUT2D eigenvalue weighted by atomic mass is 10.2. The summed E-state index contributed by atoms with van der Waals surface area (Å²) in [5.41, 5.74) is 0.734. The number of ether oxygens (including phenoxy) is 2. The molecule has 0 saturated heterocycles. The highest BCUT2D eigenvalue weighted by molar-refractivity contribution is 7.14. The molecule has 0 saturated carbocycles. The molecule has 0 bridgehead atoms. The first-order chi connectivity index (χ1) is 15.0. The van der Waals surface area contributed by atoms with Crippen LogP contribution in [0.25, 0.3) is 22.2 Å². The quantitative estimate of drug-likeness (QED) is 0.443. The van der Waals surface area contributed by atoms with Gasteiger partial charge < -0.3 is 19.3 Å². The van der Waals surface area contributed by atoms with Crippen LogP contribution in [0, 0.1) is 11.6 Å². The Morgan fingerprint density at radius 3 is 2.61 bits per heavy atom. The summed E-state index contributed by atoms with van der Waals surface area (Å²) in [5, 5.41) is 8.29. The minimum Gasteiger partial charge on any atom is -0.497 e. The number of halogens is 2. The van der Waals surface area contributed by atoms with Crippen LogP contribution in [0.5, 0.6) is 11.5 Å². The summed E-state index contributed by atoms with van der Waals surface area (Å²) in [6.07, 6.45) is 0. The number of carbonyl (C=O) groups is 1. The Hall–Kier alpha value is -3.79. The third-order valence-electron chi connectivity index (χ3n) is 4.17. The molecule has 0 unspecified atom stereocenters. The first-order valence-electron chi connectivity index (χ1n) is 8.97. The molecule has 1 N–H and O–H groups in total. The fourth-order valence-electron chi connectivity index (χ4n) is 2.65. The number of rotatable bonds is 7. The summed E-state index contributed by atoms with van der Waals surface area (Å²) < 4.78 is 42.4. The van der Waals surface area contributed by atoms with E-state index in [1.54, 1.807) is 42.8 Å². The Morgan fingerprint density at radius 2 is 1.87 bits per heavy atom. The number of hydrogen-bond donors (Lipinski definition) is 1. The maximum absolute atomic E-state index is 13.5. The zero-order valence-electron chi connectivity index (χ0n) is 16.1. The van der Waals surface area contributed by atoms with E-state index in [2.05, 4.69) is 15.5 Å². The molecule has 0 atom stereocenters. The fraction of sp³-hybridized carbons (Fsp3) is 0.0952. The van der Waals surface area contributed by atoms with Gasteiger partial charge in [-0.15, -0.1) is 11.3 Å². The highest BCUT2D eigenvalue weighted by Crippen LogP contribution is 2.34. The predicted octanol–water partition coefficient (Wildman–Crippen LogP) is 4.77. The van der Waals surface area contributed by atoms with Crippen LogP contribution in [0.4, 0.5) is 14.5 Å². The first kappa shape index (κ1) is 20.5. The number of methoxy groups -OCH3 is 1. The summed E-state index contributed by atoms with van der Waals surface area (Å²) in [5.74, 6) is -0.909. The summed E-state index contributed by atoms with van der Waals surface area (Å²) in [7, 11) is 1.56. The molecule has 0 aliphatic rings. The molecule has 2 aromatic carbocycles. The summed E-state index contributed by atoms with van der Waals surface area (Å²) in [4.78, 5) is 17.0. The fourth-order valence-corrected chi connectivity index (χ4v) is 3.42. The van der Waals surface area contributed by atoms with Crippen LogP contribution < -0.4 is 14.8 Å². The van der Waals surface area contributed by atoms with Gasteiger partial charge in [0.1, 0.15) is 16.4 Å². The lowest BCUT2D eigenvalue weighted by Gasteiger charge is -2.08. The average molecular weight is 443 g/mol. The number of hydrogen-bond acceptors (Lipinski definition) is 7. The SMILES string of the molecule is COc1ccc(OCC(=O)Nc2ccsc2-c2nc(-c3ccc(F)c(F)c3)no2)cc1. The first-order valence-corrected chi connectivity index (χ1v) is 9.85. The molecule has 4 aromatic rings. The maximum Gasteiger partial charge on any atom is 0.270 e. The molecule has 2 heterocycles. The Morgan fingerprint density at radius 1 is 1.10 bits per heavy atom. The van der Waals surface area contributed by atoms with Crippen molar-refractivity contribution < 1.29 is 27.6 Å². The van der Waals surface area contributed by atoms with E-state index in [9.17, 15) is 13.6 Å². The van der Waals surface area contributed by atoms with Gasteiger partial charge in [0, 0.05) is 5.56 Å². The summed E-state index contributed by atoms with van der Waals surface area (Å²) >= 11 is 1.28. The van der Waals surface area contributed by atoms with E-state index in [0.717, 1.165) is 12.1 Å². The van der Waals surface area contributed by atoms with Crippen LogP contribution in [0.15, 0.2) is 58.4 Å². The van der Waals surface area contributed by atoms with Crippen molar-refractivity contribution in [1.82, 2.24) is 10.1 Å². The van der Waals surface area contributed by atoms with E-state index >= 15 is 0 Å². The van der Waals surface area contributed by atoms with Crippen molar-refractivity contribution in [2.45, 2.75) is 0 Å². The molecule has 0 aliphatic carbocycles.